The number of carbonyl (C=O) groups excluding carboxylic acids is 3. The van der Waals surface area contributed by atoms with Crippen molar-refractivity contribution in [3.63, 3.8) is 0 Å². The third-order valence-corrected chi connectivity index (χ3v) is 13.8. The number of rotatable bonds is 58. The maximum atomic E-state index is 12.8. The summed E-state index contributed by atoms with van der Waals surface area (Å²) in [6.45, 7) is 6.46. The molecule has 76 heavy (non-hydrogen) atoms. The van der Waals surface area contributed by atoms with Crippen LogP contribution in [0.25, 0.3) is 0 Å². The molecule has 0 saturated carbocycles. The van der Waals surface area contributed by atoms with Crippen molar-refractivity contribution in [3.05, 3.63) is 97.2 Å². The van der Waals surface area contributed by atoms with Gasteiger partial charge in [0.15, 0.2) is 6.10 Å². The molecule has 0 aromatic rings. The van der Waals surface area contributed by atoms with Gasteiger partial charge in [0.05, 0.1) is 0 Å². The van der Waals surface area contributed by atoms with Gasteiger partial charge in [0, 0.05) is 19.3 Å². The van der Waals surface area contributed by atoms with E-state index in [4.69, 9.17) is 14.2 Å². The highest BCUT2D eigenvalue weighted by atomic mass is 16.6. The van der Waals surface area contributed by atoms with Gasteiger partial charge >= 0.3 is 17.9 Å². The predicted octanol–water partition coefficient (Wildman–Crippen LogP) is 22.0. The first-order valence-electron chi connectivity index (χ1n) is 32.2. The predicted molar refractivity (Wildman–Crippen MR) is 330 cm³/mol. The Balaban J connectivity index is 4.03. The summed E-state index contributed by atoms with van der Waals surface area (Å²) in [4.78, 5) is 38.0. The van der Waals surface area contributed by atoms with Crippen molar-refractivity contribution in [2.24, 2.45) is 0 Å². The van der Waals surface area contributed by atoms with E-state index in [0.717, 1.165) is 103 Å². The lowest BCUT2D eigenvalue weighted by atomic mass is 10.0. The average Bonchev–Trinajstić information content (AvgIpc) is 3.42. The number of carbonyl (C=O) groups is 3. The van der Waals surface area contributed by atoms with E-state index in [2.05, 4.69) is 118 Å². The molecule has 0 heterocycles. The van der Waals surface area contributed by atoms with Crippen LogP contribution in [-0.4, -0.2) is 37.2 Å². The standard InChI is InChI=1S/C70H120O6/c1-4-7-10-13-16-18-20-22-24-26-28-29-30-31-32-33-34-35-36-37-38-39-40-41-43-44-46-48-50-52-54-57-60-63-69(72)75-66-67(65-74-68(71)62-59-56-15-12-9-6-3)76-70(73)64-61-58-55-53-51-49-47-45-42-27-25-23-21-19-17-14-11-8-5-2/h7,10,16-19,22-25,28-29,31-32,34-35,67H,4-6,8-9,11-15,20-21,26-27,30,33,36-66H2,1-3H3/b10-7-,18-16-,19-17-,24-22-,25-23-,29-28-,32-31-,35-34-. The quantitative estimate of drug-likeness (QED) is 0.0261. The Labute approximate surface area is 470 Å². The lowest BCUT2D eigenvalue weighted by Gasteiger charge is -2.18. The van der Waals surface area contributed by atoms with E-state index < -0.39 is 6.10 Å². The highest BCUT2D eigenvalue weighted by Crippen LogP contribution is 2.16. The Bertz CT molecular complexity index is 1490. The van der Waals surface area contributed by atoms with Gasteiger partial charge < -0.3 is 14.2 Å². The van der Waals surface area contributed by atoms with Crippen LogP contribution in [0, 0.1) is 0 Å². The van der Waals surface area contributed by atoms with Gasteiger partial charge in [-0.25, -0.2) is 0 Å². The molecule has 0 bridgehead atoms. The molecule has 0 saturated heterocycles. The second-order valence-corrected chi connectivity index (χ2v) is 21.3. The summed E-state index contributed by atoms with van der Waals surface area (Å²) in [5, 5.41) is 0. The van der Waals surface area contributed by atoms with Gasteiger partial charge in [-0.05, 0) is 103 Å². The van der Waals surface area contributed by atoms with Gasteiger partial charge in [-0.15, -0.1) is 0 Å². The maximum Gasteiger partial charge on any atom is 0.306 e. The van der Waals surface area contributed by atoms with E-state index >= 15 is 0 Å². The number of ether oxygens (including phenoxy) is 3. The average molecular weight is 1060 g/mol. The van der Waals surface area contributed by atoms with Gasteiger partial charge in [0.25, 0.3) is 0 Å². The molecule has 0 aliphatic heterocycles. The topological polar surface area (TPSA) is 78.9 Å². The molecule has 0 aliphatic rings. The van der Waals surface area contributed by atoms with Crippen molar-refractivity contribution in [3.8, 4) is 0 Å². The second kappa shape index (κ2) is 63.9. The Kier molecular flexibility index (Phi) is 60.8. The summed E-state index contributed by atoms with van der Waals surface area (Å²) in [6.07, 6.45) is 86.0. The number of hydrogen-bond acceptors (Lipinski definition) is 6. The van der Waals surface area contributed by atoms with Gasteiger partial charge in [0.1, 0.15) is 13.2 Å². The molecule has 0 fully saturated rings. The van der Waals surface area contributed by atoms with Crippen LogP contribution in [0.2, 0.25) is 0 Å². The highest BCUT2D eigenvalue weighted by Gasteiger charge is 2.19. The first kappa shape index (κ1) is 72.3. The molecule has 6 heteroatoms. The SMILES string of the molecule is CC/C=C\C/C=C\C/C=C\C/C=C\C/C=C\C/C=C\CCCCCCCCCCCCCCCCC(=O)OCC(COC(=O)CCCCCCCC)OC(=O)CCCCCCCCCCC/C=C\C/C=C\CCCCC. The van der Waals surface area contributed by atoms with E-state index in [1.807, 2.05) is 0 Å². The van der Waals surface area contributed by atoms with E-state index in [1.54, 1.807) is 0 Å². The summed E-state index contributed by atoms with van der Waals surface area (Å²) in [6, 6.07) is 0. The first-order valence-corrected chi connectivity index (χ1v) is 32.2. The van der Waals surface area contributed by atoms with Crippen LogP contribution in [0.5, 0.6) is 0 Å². The van der Waals surface area contributed by atoms with Crippen LogP contribution in [0.15, 0.2) is 97.2 Å². The normalized spacial score (nSPS) is 12.7. The molecule has 1 atom stereocenters. The van der Waals surface area contributed by atoms with Crippen LogP contribution in [0.1, 0.15) is 310 Å². The van der Waals surface area contributed by atoms with E-state index in [1.165, 1.54) is 167 Å². The Morgan fingerprint density at radius 2 is 0.513 bits per heavy atom. The van der Waals surface area contributed by atoms with Crippen molar-refractivity contribution >= 4 is 17.9 Å². The third kappa shape index (κ3) is 61.2. The fraction of sp³-hybridized carbons (Fsp3) is 0.729. The van der Waals surface area contributed by atoms with Crippen molar-refractivity contribution in [2.75, 3.05) is 13.2 Å². The van der Waals surface area contributed by atoms with Gasteiger partial charge in [-0.3, -0.25) is 14.4 Å². The summed E-state index contributed by atoms with van der Waals surface area (Å²) in [5.41, 5.74) is 0. The maximum absolute atomic E-state index is 12.8. The van der Waals surface area contributed by atoms with E-state index in [9.17, 15) is 14.4 Å². The zero-order valence-corrected chi connectivity index (χ0v) is 50.0. The molecule has 436 valence electrons. The monoisotopic (exact) mass is 1060 g/mol. The van der Waals surface area contributed by atoms with E-state index in [0.29, 0.717) is 19.3 Å². The lowest BCUT2D eigenvalue weighted by Crippen LogP contribution is -2.30. The molecule has 0 N–H and O–H groups in total. The van der Waals surface area contributed by atoms with Crippen LogP contribution in [-0.2, 0) is 28.6 Å². The largest absolute Gasteiger partial charge is 0.462 e. The van der Waals surface area contributed by atoms with Crippen molar-refractivity contribution in [2.45, 2.75) is 316 Å². The van der Waals surface area contributed by atoms with Gasteiger partial charge in [-0.2, -0.15) is 0 Å². The molecule has 0 amide bonds. The van der Waals surface area contributed by atoms with Crippen LogP contribution >= 0.6 is 0 Å². The molecule has 0 spiro atoms. The molecule has 0 aliphatic carbocycles. The molecular formula is C70H120O6. The number of esters is 3. The summed E-state index contributed by atoms with van der Waals surface area (Å²) < 4.78 is 16.8. The third-order valence-electron chi connectivity index (χ3n) is 13.8. The fourth-order valence-corrected chi connectivity index (χ4v) is 9.01. The molecule has 1 unspecified atom stereocenters. The second-order valence-electron chi connectivity index (χ2n) is 21.3. The minimum absolute atomic E-state index is 0.0766. The number of unbranched alkanes of at least 4 members (excludes halogenated alkanes) is 31. The minimum atomic E-state index is -0.776. The zero-order chi connectivity index (χ0) is 55.0. The molecule has 0 rings (SSSR count). The number of hydrogen-bond donors (Lipinski definition) is 0. The molecule has 6 nitrogen and oxygen atoms in total. The Morgan fingerprint density at radius 1 is 0.276 bits per heavy atom. The van der Waals surface area contributed by atoms with Gasteiger partial charge in [-0.1, -0.05) is 285 Å². The molecule has 0 aromatic carbocycles. The summed E-state index contributed by atoms with van der Waals surface area (Å²) in [7, 11) is 0. The van der Waals surface area contributed by atoms with Crippen LogP contribution in [0.3, 0.4) is 0 Å². The summed E-state index contributed by atoms with van der Waals surface area (Å²) in [5.74, 6) is -0.882. The van der Waals surface area contributed by atoms with E-state index in [-0.39, 0.29) is 31.1 Å². The molecule has 0 aromatic heterocycles. The van der Waals surface area contributed by atoms with Crippen molar-refractivity contribution in [1.29, 1.82) is 0 Å². The Hall–Kier alpha value is -3.67. The van der Waals surface area contributed by atoms with Crippen molar-refractivity contribution < 1.29 is 28.6 Å². The van der Waals surface area contributed by atoms with Crippen LogP contribution in [0.4, 0.5) is 0 Å². The highest BCUT2D eigenvalue weighted by molar-refractivity contribution is 5.71. The first-order chi connectivity index (χ1) is 37.5. The Morgan fingerprint density at radius 3 is 0.829 bits per heavy atom. The van der Waals surface area contributed by atoms with Crippen molar-refractivity contribution in [1.82, 2.24) is 0 Å². The number of allylic oxidation sites excluding steroid dienone is 16. The molecule has 0 radical (unpaired) electrons. The zero-order valence-electron chi connectivity index (χ0n) is 50.0. The fourth-order valence-electron chi connectivity index (χ4n) is 9.01. The van der Waals surface area contributed by atoms with Crippen LogP contribution < -0.4 is 0 Å². The minimum Gasteiger partial charge on any atom is -0.462 e. The lowest BCUT2D eigenvalue weighted by molar-refractivity contribution is -0.167. The van der Waals surface area contributed by atoms with Gasteiger partial charge in [0.2, 0.25) is 0 Å². The summed E-state index contributed by atoms with van der Waals surface area (Å²) >= 11 is 0. The molecular weight excluding hydrogens is 937 g/mol. The smallest absolute Gasteiger partial charge is 0.306 e.